The van der Waals surface area contributed by atoms with Crippen LogP contribution in [0.15, 0.2) is 54.6 Å². The summed E-state index contributed by atoms with van der Waals surface area (Å²) in [6.45, 7) is 1.98. The van der Waals surface area contributed by atoms with Gasteiger partial charge in [0.25, 0.3) is 5.69 Å². The Labute approximate surface area is 268 Å². The van der Waals surface area contributed by atoms with Gasteiger partial charge in [-0.15, -0.1) is 0 Å². The second kappa shape index (κ2) is 12.0. The van der Waals surface area contributed by atoms with Crippen LogP contribution in [-0.4, -0.2) is 58.6 Å². The lowest BCUT2D eigenvalue weighted by Gasteiger charge is -2.40. The number of nitro benzene ring substituents is 1. The number of aliphatic hydroxyl groups excluding tert-OH is 1. The number of nitrogens with one attached hydrogen (secondary N) is 2. The first-order valence-corrected chi connectivity index (χ1v) is 15.3. The molecule has 0 unspecified atom stereocenters. The van der Waals surface area contributed by atoms with Crippen LogP contribution in [0.5, 0.6) is 0 Å². The zero-order valence-electron chi connectivity index (χ0n) is 24.4. The molecule has 10 nitrogen and oxygen atoms in total. The van der Waals surface area contributed by atoms with Crippen molar-refractivity contribution in [3.8, 4) is 0 Å². The molecule has 45 heavy (non-hydrogen) atoms. The number of hydrogen-bond acceptors (Lipinski definition) is 8. The maximum atomic E-state index is 16.1. The highest BCUT2D eigenvalue weighted by molar-refractivity contribution is 6.31. The van der Waals surface area contributed by atoms with Gasteiger partial charge < -0.3 is 20.5 Å². The number of rotatable bonds is 9. The number of fused-ring (bicyclic) bond motifs is 2. The summed E-state index contributed by atoms with van der Waals surface area (Å²) in [7, 11) is 1.18. The van der Waals surface area contributed by atoms with Gasteiger partial charge in [-0.05, 0) is 55.5 Å². The molecular formula is C32H31Cl2FN4O6. The third-order valence-electron chi connectivity index (χ3n) is 9.17. The minimum absolute atomic E-state index is 0.0157. The topological polar surface area (TPSA) is 134 Å². The molecule has 6 rings (SSSR count). The van der Waals surface area contributed by atoms with Crippen molar-refractivity contribution in [1.29, 1.82) is 0 Å². The number of methoxy groups -OCH3 is 1. The summed E-state index contributed by atoms with van der Waals surface area (Å²) in [4.78, 5) is 40.0. The molecule has 1 saturated heterocycles. The normalized spacial score (nSPS) is 24.8. The lowest BCUT2D eigenvalue weighted by Crippen LogP contribution is -2.55. The third-order valence-corrected chi connectivity index (χ3v) is 9.70. The summed E-state index contributed by atoms with van der Waals surface area (Å²) < 4.78 is 20.8. The molecule has 0 aromatic heterocycles. The minimum atomic E-state index is -1.48. The maximum Gasteiger partial charge on any atom is 0.338 e. The fourth-order valence-corrected chi connectivity index (χ4v) is 7.48. The Morgan fingerprint density at radius 1 is 1.24 bits per heavy atom. The van der Waals surface area contributed by atoms with Gasteiger partial charge in [-0.2, -0.15) is 0 Å². The Morgan fingerprint density at radius 2 is 2.00 bits per heavy atom. The monoisotopic (exact) mass is 656 g/mol. The van der Waals surface area contributed by atoms with E-state index in [1.807, 2.05) is 4.90 Å². The summed E-state index contributed by atoms with van der Waals surface area (Å²) in [6, 6.07) is 12.2. The quantitative estimate of drug-likeness (QED) is 0.159. The van der Waals surface area contributed by atoms with Crippen molar-refractivity contribution in [3.63, 3.8) is 0 Å². The number of amides is 1. The summed E-state index contributed by atoms with van der Waals surface area (Å²) in [5, 5.41) is 30.1. The molecule has 1 saturated carbocycles. The van der Waals surface area contributed by atoms with Gasteiger partial charge in [0.2, 0.25) is 5.91 Å². The molecule has 3 aliphatic rings. The first-order chi connectivity index (χ1) is 21.5. The standard InChI is InChI=1S/C32H31Cl2FN4O6/c1-16(40)29-28(36-14-19-9-8-18(30(41)45-2)12-25(19)39(43)44)26(21-4-3-5-23(34)27(21)35)32(38(29)15-17-6-7-17)22-11-10-20(33)13-24(22)37-31(32)42/h3-5,8-13,16-17,26,28-29,36,40H,6-7,14-15H2,1-2H3,(H,37,42)/t16-,26-,28+,29-,32+/m1/s1. The number of likely N-dealkylation sites (tertiary alicyclic amines) is 1. The lowest BCUT2D eigenvalue weighted by atomic mass is 9.73. The highest BCUT2D eigenvalue weighted by Crippen LogP contribution is 2.59. The zero-order chi connectivity index (χ0) is 32.2. The number of hydrogen-bond donors (Lipinski definition) is 3. The van der Waals surface area contributed by atoms with E-state index in [-0.39, 0.29) is 39.9 Å². The van der Waals surface area contributed by atoms with Crippen molar-refractivity contribution >= 4 is 46.5 Å². The Hall–Kier alpha value is -3.61. The second-order valence-electron chi connectivity index (χ2n) is 11.9. The Bertz CT molecular complexity index is 1700. The maximum absolute atomic E-state index is 16.1. The summed E-state index contributed by atoms with van der Waals surface area (Å²) in [5.41, 5.74) is -0.288. The number of carbonyl (C=O) groups is 2. The molecule has 1 amide bonds. The van der Waals surface area contributed by atoms with Crippen molar-refractivity contribution < 1.29 is 28.7 Å². The van der Waals surface area contributed by atoms with E-state index in [0.717, 1.165) is 18.9 Å². The fraction of sp³-hybridized carbons (Fsp3) is 0.375. The summed E-state index contributed by atoms with van der Waals surface area (Å²) in [5.74, 6) is -2.49. The average Bonchev–Trinajstić information content (AvgIpc) is 3.72. The van der Waals surface area contributed by atoms with Gasteiger partial charge in [0, 0.05) is 53.0 Å². The van der Waals surface area contributed by atoms with Gasteiger partial charge >= 0.3 is 5.97 Å². The number of halogens is 3. The molecule has 3 aromatic carbocycles. The van der Waals surface area contributed by atoms with E-state index in [4.69, 9.17) is 27.9 Å². The predicted molar refractivity (Wildman–Crippen MR) is 166 cm³/mol. The molecule has 2 fully saturated rings. The van der Waals surface area contributed by atoms with Gasteiger partial charge in [0.1, 0.15) is 11.4 Å². The van der Waals surface area contributed by atoms with Crippen LogP contribution in [0, 0.1) is 21.8 Å². The summed E-state index contributed by atoms with van der Waals surface area (Å²) in [6.07, 6.45) is 0.883. The smallest absolute Gasteiger partial charge is 0.338 e. The molecule has 2 heterocycles. The van der Waals surface area contributed by atoms with E-state index in [9.17, 15) is 24.8 Å². The van der Waals surface area contributed by atoms with Crippen LogP contribution >= 0.6 is 23.2 Å². The van der Waals surface area contributed by atoms with E-state index in [0.29, 0.717) is 22.8 Å². The van der Waals surface area contributed by atoms with Gasteiger partial charge in [-0.25, -0.2) is 9.18 Å². The number of ether oxygens (including phenoxy) is 1. The summed E-state index contributed by atoms with van der Waals surface area (Å²) >= 11 is 12.6. The first-order valence-electron chi connectivity index (χ1n) is 14.6. The second-order valence-corrected chi connectivity index (χ2v) is 12.7. The van der Waals surface area contributed by atoms with Crippen LogP contribution in [0.1, 0.15) is 52.7 Å². The van der Waals surface area contributed by atoms with Crippen molar-refractivity contribution in [3.05, 3.63) is 103 Å². The molecule has 1 spiro atoms. The van der Waals surface area contributed by atoms with Crippen molar-refractivity contribution in [1.82, 2.24) is 10.2 Å². The largest absolute Gasteiger partial charge is 0.465 e. The van der Waals surface area contributed by atoms with Crippen LogP contribution in [0.2, 0.25) is 10.0 Å². The molecule has 1 aliphatic carbocycles. The number of anilines is 1. The molecule has 3 aromatic rings. The Kier molecular flexibility index (Phi) is 8.34. The molecule has 13 heteroatoms. The molecule has 3 N–H and O–H groups in total. The molecule has 5 atom stereocenters. The van der Waals surface area contributed by atoms with Gasteiger partial charge in [-0.1, -0.05) is 47.5 Å². The van der Waals surface area contributed by atoms with Gasteiger partial charge in [-0.3, -0.25) is 19.8 Å². The third kappa shape index (κ3) is 5.26. The minimum Gasteiger partial charge on any atom is -0.465 e. The van der Waals surface area contributed by atoms with Gasteiger partial charge in [0.05, 0.1) is 34.8 Å². The number of carbonyl (C=O) groups excluding carboxylic acids is 2. The lowest BCUT2D eigenvalue weighted by molar-refractivity contribution is -0.385. The van der Waals surface area contributed by atoms with Crippen molar-refractivity contribution in [2.24, 2.45) is 5.92 Å². The highest BCUT2D eigenvalue weighted by atomic mass is 35.5. The Morgan fingerprint density at radius 3 is 2.67 bits per heavy atom. The molecule has 2 aliphatic heterocycles. The predicted octanol–water partition coefficient (Wildman–Crippen LogP) is 5.39. The number of benzene rings is 3. The van der Waals surface area contributed by atoms with Crippen molar-refractivity contribution in [2.45, 2.75) is 56.0 Å². The van der Waals surface area contributed by atoms with Crippen LogP contribution < -0.4 is 10.6 Å². The Balaban J connectivity index is 1.54. The van der Waals surface area contributed by atoms with Crippen LogP contribution in [0.4, 0.5) is 15.8 Å². The number of nitro groups is 1. The van der Waals surface area contributed by atoms with Gasteiger partial charge in [0.15, 0.2) is 0 Å². The molecule has 0 bridgehead atoms. The molecule has 0 radical (unpaired) electrons. The van der Waals surface area contributed by atoms with E-state index in [2.05, 4.69) is 10.6 Å². The zero-order valence-corrected chi connectivity index (χ0v) is 25.9. The van der Waals surface area contributed by atoms with E-state index in [1.54, 1.807) is 37.3 Å². The van der Waals surface area contributed by atoms with E-state index >= 15 is 4.39 Å². The SMILES string of the molecule is COC(=O)c1ccc(CN[C@@H]2[C@@H]([C@@H](C)O)N(CC3CC3)[C@]3(C(=O)Nc4cc(Cl)ccc43)[C@@H]2c2cccc(Cl)c2F)c([N+](=O)[O-])c1. The first kappa shape index (κ1) is 31.4. The van der Waals surface area contributed by atoms with Crippen LogP contribution in [0.3, 0.4) is 0 Å². The van der Waals surface area contributed by atoms with Crippen LogP contribution in [-0.2, 0) is 21.6 Å². The number of esters is 1. The fourth-order valence-electron chi connectivity index (χ4n) is 7.13. The van der Waals surface area contributed by atoms with Crippen LogP contribution in [0.25, 0.3) is 0 Å². The van der Waals surface area contributed by atoms with Crippen molar-refractivity contribution in [2.75, 3.05) is 19.0 Å². The average molecular weight is 658 g/mol. The highest BCUT2D eigenvalue weighted by Gasteiger charge is 2.68. The van der Waals surface area contributed by atoms with E-state index < -0.39 is 52.3 Å². The molecule has 236 valence electrons. The number of aliphatic hydroxyl groups is 1. The molecular weight excluding hydrogens is 626 g/mol. The van der Waals surface area contributed by atoms with E-state index in [1.165, 1.54) is 25.3 Å². The number of nitrogens with zero attached hydrogens (tertiary/aromatic N) is 2.